The minimum absolute atomic E-state index is 0.0414. The Bertz CT molecular complexity index is 1180. The lowest BCUT2D eigenvalue weighted by Crippen LogP contribution is -2.40. The largest absolute Gasteiger partial charge is 0.491 e. The number of hydrogen-bond donors (Lipinski definition) is 2. The average Bonchev–Trinajstić information content (AvgIpc) is 2.88. The van der Waals surface area contributed by atoms with Gasteiger partial charge in [0, 0.05) is 43.7 Å². The topological polar surface area (TPSA) is 114 Å². The maximum absolute atomic E-state index is 12.8. The molecule has 0 unspecified atom stereocenters. The number of carbonyl (C=O) groups excluding carboxylic acids is 2. The summed E-state index contributed by atoms with van der Waals surface area (Å²) in [4.78, 5) is 25.3. The molecule has 0 radical (unpaired) electrons. The van der Waals surface area contributed by atoms with Crippen LogP contribution in [0.1, 0.15) is 51.1 Å². The zero-order chi connectivity index (χ0) is 25.4. The van der Waals surface area contributed by atoms with E-state index in [9.17, 15) is 18.0 Å². The maximum Gasteiger partial charge on any atom is 0.251 e. The summed E-state index contributed by atoms with van der Waals surface area (Å²) in [5.41, 5.74) is 2.67. The van der Waals surface area contributed by atoms with E-state index in [4.69, 9.17) is 9.47 Å². The van der Waals surface area contributed by atoms with Crippen LogP contribution in [-0.4, -0.2) is 76.3 Å². The predicted molar refractivity (Wildman–Crippen MR) is 136 cm³/mol. The van der Waals surface area contributed by atoms with Gasteiger partial charge in [-0.2, -0.15) is 0 Å². The molecule has 2 N–H and O–H groups in total. The molecular formula is C26H33N3O6S. The second kappa shape index (κ2) is 12.3. The smallest absolute Gasteiger partial charge is 0.251 e. The first-order valence-corrected chi connectivity index (χ1v) is 14.0. The lowest BCUT2D eigenvalue weighted by molar-refractivity contribution is 0.0865. The number of carbonyl (C=O) groups is 2. The molecule has 36 heavy (non-hydrogen) atoms. The minimum Gasteiger partial charge on any atom is -0.491 e. The van der Waals surface area contributed by atoms with E-state index in [2.05, 4.69) is 10.6 Å². The Morgan fingerprint density at radius 3 is 2.69 bits per heavy atom. The number of nitrogens with one attached hydrogen (secondary N) is 2. The summed E-state index contributed by atoms with van der Waals surface area (Å²) in [6, 6.07) is 12.5. The van der Waals surface area contributed by atoms with Crippen molar-refractivity contribution in [2.45, 2.75) is 25.7 Å². The molecule has 2 aromatic carbocycles. The number of benzene rings is 2. The molecule has 0 spiro atoms. The molecule has 1 fully saturated rings. The van der Waals surface area contributed by atoms with Gasteiger partial charge in [0.15, 0.2) is 0 Å². The number of sulfonamides is 1. The van der Waals surface area contributed by atoms with Crippen molar-refractivity contribution in [1.82, 2.24) is 14.9 Å². The highest BCUT2D eigenvalue weighted by Crippen LogP contribution is 2.24. The number of amides is 2. The Morgan fingerprint density at radius 1 is 1.03 bits per heavy atom. The van der Waals surface area contributed by atoms with Crippen LogP contribution in [-0.2, 0) is 21.2 Å². The fraction of sp³-hybridized carbons (Fsp3) is 0.462. The van der Waals surface area contributed by atoms with Crippen molar-refractivity contribution in [2.24, 2.45) is 0 Å². The van der Waals surface area contributed by atoms with Crippen LogP contribution in [0.25, 0.3) is 0 Å². The monoisotopic (exact) mass is 515 g/mol. The third kappa shape index (κ3) is 7.05. The summed E-state index contributed by atoms with van der Waals surface area (Å²) < 4.78 is 38.1. The van der Waals surface area contributed by atoms with Gasteiger partial charge in [0.05, 0.1) is 19.0 Å². The van der Waals surface area contributed by atoms with Crippen LogP contribution in [0.5, 0.6) is 5.75 Å². The van der Waals surface area contributed by atoms with Crippen molar-refractivity contribution in [3.05, 3.63) is 64.7 Å². The number of rotatable bonds is 5. The van der Waals surface area contributed by atoms with E-state index in [1.165, 1.54) is 4.31 Å². The molecule has 0 atom stereocenters. The standard InChI is InChI=1S/C26H33N3O6S/c30-25-21-6-4-5-20(17-21)18-23-19-22(7-8-24(23)35-15-14-34-13-9-27-25)26(31)28-10-16-36(32,33)29-11-2-1-3-12-29/h4-8,17,19H,1-3,9-16,18H2,(H,27,30)(H,28,31). The molecule has 0 saturated carbocycles. The van der Waals surface area contributed by atoms with Gasteiger partial charge in [0.25, 0.3) is 11.8 Å². The summed E-state index contributed by atoms with van der Waals surface area (Å²) in [6.45, 7) is 2.64. The first-order chi connectivity index (χ1) is 17.4. The second-order valence-electron chi connectivity index (χ2n) is 8.95. The Balaban J connectivity index is 1.47. The normalized spacial score (nSPS) is 17.7. The van der Waals surface area contributed by atoms with Crippen molar-refractivity contribution >= 4 is 21.8 Å². The van der Waals surface area contributed by atoms with Crippen LogP contribution >= 0.6 is 0 Å². The molecule has 1 saturated heterocycles. The fourth-order valence-corrected chi connectivity index (χ4v) is 5.79. The van der Waals surface area contributed by atoms with Gasteiger partial charge in [0.1, 0.15) is 12.4 Å². The van der Waals surface area contributed by atoms with Crippen LogP contribution < -0.4 is 15.4 Å². The SMILES string of the molecule is O=C1NCCOCCOc2ccc(C(=O)NCCS(=O)(=O)N3CCCCC3)cc2Cc2cccc1c2. The number of nitrogens with zero attached hydrogens (tertiary/aromatic N) is 1. The third-order valence-corrected chi connectivity index (χ3v) is 8.15. The number of piperidine rings is 1. The predicted octanol–water partition coefficient (Wildman–Crippen LogP) is 1.96. The van der Waals surface area contributed by atoms with E-state index in [-0.39, 0.29) is 24.1 Å². The highest BCUT2D eigenvalue weighted by atomic mass is 32.2. The zero-order valence-electron chi connectivity index (χ0n) is 20.3. The Hall–Kier alpha value is -2.95. The van der Waals surface area contributed by atoms with Crippen molar-refractivity contribution < 1.29 is 27.5 Å². The number of fused-ring (bicyclic) bond motifs is 3. The molecule has 9 nitrogen and oxygen atoms in total. The van der Waals surface area contributed by atoms with Crippen molar-refractivity contribution in [2.75, 3.05) is 51.8 Å². The highest BCUT2D eigenvalue weighted by Gasteiger charge is 2.23. The molecule has 2 aliphatic heterocycles. The zero-order valence-corrected chi connectivity index (χ0v) is 21.1. The average molecular weight is 516 g/mol. The Labute approximate surface area is 212 Å². The summed E-state index contributed by atoms with van der Waals surface area (Å²) in [6.07, 6.45) is 3.27. The van der Waals surface area contributed by atoms with E-state index in [1.807, 2.05) is 18.2 Å². The van der Waals surface area contributed by atoms with Crippen LogP contribution in [0.4, 0.5) is 0 Å². The molecular weight excluding hydrogens is 482 g/mol. The Morgan fingerprint density at radius 2 is 1.86 bits per heavy atom. The molecule has 0 aromatic heterocycles. The summed E-state index contributed by atoms with van der Waals surface area (Å²) in [5, 5.41) is 5.57. The minimum atomic E-state index is -3.38. The van der Waals surface area contributed by atoms with Crippen molar-refractivity contribution in [3.63, 3.8) is 0 Å². The van der Waals surface area contributed by atoms with Gasteiger partial charge in [-0.05, 0) is 54.3 Å². The second-order valence-corrected chi connectivity index (χ2v) is 11.0. The van der Waals surface area contributed by atoms with Gasteiger partial charge in [-0.3, -0.25) is 9.59 Å². The van der Waals surface area contributed by atoms with E-state index >= 15 is 0 Å². The summed E-state index contributed by atoms with van der Waals surface area (Å²) in [5.74, 6) is 0.000586. The van der Waals surface area contributed by atoms with Crippen LogP contribution in [0, 0.1) is 0 Å². The van der Waals surface area contributed by atoms with Gasteiger partial charge < -0.3 is 20.1 Å². The van der Waals surface area contributed by atoms with Crippen LogP contribution in [0.2, 0.25) is 0 Å². The molecule has 2 amide bonds. The molecule has 0 aliphatic carbocycles. The third-order valence-electron chi connectivity index (χ3n) is 6.28. The molecule has 4 rings (SSSR count). The molecule has 2 bridgehead atoms. The quantitative estimate of drug-likeness (QED) is 0.629. The fourth-order valence-electron chi connectivity index (χ4n) is 4.36. The molecule has 2 heterocycles. The summed E-state index contributed by atoms with van der Waals surface area (Å²) >= 11 is 0. The first kappa shape index (κ1) is 26.1. The lowest BCUT2D eigenvalue weighted by Gasteiger charge is -2.25. The molecule has 10 heteroatoms. The summed E-state index contributed by atoms with van der Waals surface area (Å²) in [7, 11) is -3.38. The number of ether oxygens (including phenoxy) is 2. The van der Waals surface area contributed by atoms with Crippen molar-refractivity contribution in [1.29, 1.82) is 0 Å². The molecule has 2 aliphatic rings. The highest BCUT2D eigenvalue weighted by molar-refractivity contribution is 7.89. The van der Waals surface area contributed by atoms with Gasteiger partial charge >= 0.3 is 0 Å². The maximum atomic E-state index is 12.8. The number of hydrogen-bond acceptors (Lipinski definition) is 6. The van der Waals surface area contributed by atoms with E-state index in [0.29, 0.717) is 62.8 Å². The van der Waals surface area contributed by atoms with Crippen LogP contribution in [0.3, 0.4) is 0 Å². The molecule has 194 valence electrons. The van der Waals surface area contributed by atoms with E-state index in [0.717, 1.165) is 30.4 Å². The lowest BCUT2D eigenvalue weighted by atomic mass is 9.99. The molecule has 2 aromatic rings. The van der Waals surface area contributed by atoms with Gasteiger partial charge in [-0.15, -0.1) is 0 Å². The van der Waals surface area contributed by atoms with Crippen molar-refractivity contribution in [3.8, 4) is 5.75 Å². The first-order valence-electron chi connectivity index (χ1n) is 12.4. The van der Waals surface area contributed by atoms with Gasteiger partial charge in [-0.1, -0.05) is 18.6 Å². The van der Waals surface area contributed by atoms with E-state index in [1.54, 1.807) is 24.3 Å². The van der Waals surface area contributed by atoms with Gasteiger partial charge in [-0.25, -0.2) is 12.7 Å². The van der Waals surface area contributed by atoms with Gasteiger partial charge in [0.2, 0.25) is 10.0 Å². The van der Waals surface area contributed by atoms with E-state index < -0.39 is 10.0 Å². The Kier molecular flexibility index (Phi) is 8.95. The van der Waals surface area contributed by atoms with Crippen LogP contribution in [0.15, 0.2) is 42.5 Å².